The first-order valence-corrected chi connectivity index (χ1v) is 6.80. The number of rotatable bonds is 4. The molecule has 22 heavy (non-hydrogen) atoms. The maximum Gasteiger partial charge on any atom is 0.271 e. The zero-order chi connectivity index (χ0) is 16.3. The molecule has 1 amide bonds. The summed E-state index contributed by atoms with van der Waals surface area (Å²) < 4.78 is 19.3. The van der Waals surface area contributed by atoms with Crippen LogP contribution in [0.5, 0.6) is 5.75 Å². The summed E-state index contributed by atoms with van der Waals surface area (Å²) in [5, 5.41) is 13.2. The lowest BCUT2D eigenvalue weighted by atomic mass is 10.2. The molecule has 114 valence electrons. The quantitative estimate of drug-likeness (QED) is 0.657. The molecular formula is C14H10BrFN2O4. The number of nitro groups is 1. The minimum atomic E-state index is -0.738. The highest BCUT2D eigenvalue weighted by atomic mass is 79.9. The Morgan fingerprint density at radius 1 is 1.32 bits per heavy atom. The summed E-state index contributed by atoms with van der Waals surface area (Å²) in [7, 11) is 1.36. The van der Waals surface area contributed by atoms with Crippen LogP contribution in [0, 0.1) is 15.9 Å². The molecule has 0 saturated heterocycles. The number of halogens is 2. The van der Waals surface area contributed by atoms with Crippen LogP contribution in [0.4, 0.5) is 15.8 Å². The number of methoxy groups -OCH3 is 1. The number of anilines is 1. The summed E-state index contributed by atoms with van der Waals surface area (Å²) in [5.41, 5.74) is -0.324. The molecule has 0 heterocycles. The summed E-state index contributed by atoms with van der Waals surface area (Å²) in [6, 6.07) is 7.66. The number of nitro benzene ring substituents is 1. The van der Waals surface area contributed by atoms with Gasteiger partial charge in [0.05, 0.1) is 23.3 Å². The fourth-order valence-corrected chi connectivity index (χ4v) is 2.13. The van der Waals surface area contributed by atoms with Gasteiger partial charge >= 0.3 is 0 Å². The highest BCUT2D eigenvalue weighted by Crippen LogP contribution is 2.29. The monoisotopic (exact) mass is 368 g/mol. The molecule has 0 aliphatic rings. The molecule has 0 spiro atoms. The minimum Gasteiger partial charge on any atom is -0.495 e. The predicted molar refractivity (Wildman–Crippen MR) is 81.7 cm³/mol. The normalized spacial score (nSPS) is 10.1. The summed E-state index contributed by atoms with van der Waals surface area (Å²) in [5.74, 6) is -1.21. The third kappa shape index (κ3) is 3.40. The van der Waals surface area contributed by atoms with Gasteiger partial charge in [-0.2, -0.15) is 0 Å². The van der Waals surface area contributed by atoms with E-state index in [-0.39, 0.29) is 22.7 Å². The van der Waals surface area contributed by atoms with Crippen molar-refractivity contribution in [3.05, 3.63) is 62.4 Å². The lowest BCUT2D eigenvalue weighted by Gasteiger charge is -2.10. The topological polar surface area (TPSA) is 81.5 Å². The Hall–Kier alpha value is -2.48. The second-order valence-corrected chi connectivity index (χ2v) is 5.14. The molecule has 0 bridgehead atoms. The summed E-state index contributed by atoms with van der Waals surface area (Å²) in [6.07, 6.45) is 0. The molecule has 0 atom stereocenters. The number of carbonyl (C=O) groups is 1. The first-order valence-electron chi connectivity index (χ1n) is 6.01. The van der Waals surface area contributed by atoms with Gasteiger partial charge in [-0.25, -0.2) is 4.39 Å². The Morgan fingerprint density at radius 3 is 2.68 bits per heavy atom. The first kappa shape index (κ1) is 15.9. The molecule has 8 heteroatoms. The van der Waals surface area contributed by atoms with Gasteiger partial charge in [-0.3, -0.25) is 14.9 Å². The van der Waals surface area contributed by atoms with Gasteiger partial charge < -0.3 is 10.1 Å². The van der Waals surface area contributed by atoms with E-state index in [2.05, 4.69) is 21.2 Å². The van der Waals surface area contributed by atoms with Gasteiger partial charge in [0.2, 0.25) is 0 Å². The molecule has 1 N–H and O–H groups in total. The fraction of sp³-hybridized carbons (Fsp3) is 0.0714. The average molecular weight is 369 g/mol. The van der Waals surface area contributed by atoms with Gasteiger partial charge in [-0.1, -0.05) is 15.9 Å². The number of nitrogens with one attached hydrogen (secondary N) is 1. The van der Waals surface area contributed by atoms with E-state index >= 15 is 0 Å². The van der Waals surface area contributed by atoms with Crippen molar-refractivity contribution >= 4 is 33.2 Å². The molecule has 0 saturated carbocycles. The SMILES string of the molecule is COc1ccc([N+](=O)[O-])cc1NC(=O)c1cc(Br)ccc1F. The number of nitrogens with zero attached hydrogens (tertiary/aromatic N) is 1. The lowest BCUT2D eigenvalue weighted by molar-refractivity contribution is -0.384. The zero-order valence-corrected chi connectivity index (χ0v) is 12.9. The van der Waals surface area contributed by atoms with Crippen molar-refractivity contribution in [1.82, 2.24) is 0 Å². The molecule has 0 radical (unpaired) electrons. The second kappa shape index (κ2) is 6.52. The number of benzene rings is 2. The van der Waals surface area contributed by atoms with Crippen LogP contribution in [0.1, 0.15) is 10.4 Å². The smallest absolute Gasteiger partial charge is 0.271 e. The molecule has 0 aliphatic heterocycles. The van der Waals surface area contributed by atoms with Gasteiger partial charge in [0.25, 0.3) is 11.6 Å². The number of ether oxygens (including phenoxy) is 1. The third-order valence-corrected chi connectivity index (χ3v) is 3.31. The molecule has 2 rings (SSSR count). The molecule has 0 aliphatic carbocycles. The van der Waals surface area contributed by atoms with Gasteiger partial charge in [0.15, 0.2) is 0 Å². The van der Waals surface area contributed by atoms with Crippen molar-refractivity contribution in [2.45, 2.75) is 0 Å². The van der Waals surface area contributed by atoms with E-state index < -0.39 is 16.6 Å². The van der Waals surface area contributed by atoms with Crippen LogP contribution in [0.3, 0.4) is 0 Å². The third-order valence-electron chi connectivity index (χ3n) is 2.82. The van der Waals surface area contributed by atoms with Crippen molar-refractivity contribution in [2.24, 2.45) is 0 Å². The van der Waals surface area contributed by atoms with E-state index in [4.69, 9.17) is 4.74 Å². The Kier molecular flexibility index (Phi) is 4.71. The van der Waals surface area contributed by atoms with Gasteiger partial charge in [0, 0.05) is 16.6 Å². The van der Waals surface area contributed by atoms with Crippen molar-refractivity contribution < 1.29 is 18.8 Å². The Labute approximate surface area is 133 Å². The average Bonchev–Trinajstić information content (AvgIpc) is 2.49. The first-order chi connectivity index (χ1) is 10.4. The largest absolute Gasteiger partial charge is 0.495 e. The van der Waals surface area contributed by atoms with E-state index in [1.54, 1.807) is 0 Å². The highest BCUT2D eigenvalue weighted by molar-refractivity contribution is 9.10. The zero-order valence-electron chi connectivity index (χ0n) is 11.3. The van der Waals surface area contributed by atoms with E-state index in [0.717, 1.165) is 12.1 Å². The maximum atomic E-state index is 13.7. The van der Waals surface area contributed by atoms with Crippen molar-refractivity contribution in [1.29, 1.82) is 0 Å². The van der Waals surface area contributed by atoms with Crippen LogP contribution in [0.25, 0.3) is 0 Å². The van der Waals surface area contributed by atoms with Crippen LogP contribution in [0.2, 0.25) is 0 Å². The van der Waals surface area contributed by atoms with E-state index in [9.17, 15) is 19.3 Å². The van der Waals surface area contributed by atoms with Crippen molar-refractivity contribution in [3.8, 4) is 5.75 Å². The van der Waals surface area contributed by atoms with Gasteiger partial charge in [0.1, 0.15) is 11.6 Å². The van der Waals surface area contributed by atoms with Crippen LogP contribution in [-0.4, -0.2) is 17.9 Å². The summed E-state index contributed by atoms with van der Waals surface area (Å²) in [4.78, 5) is 22.3. The number of carbonyl (C=O) groups excluding carboxylic acids is 1. The van der Waals surface area contributed by atoms with E-state index in [1.165, 1.54) is 31.4 Å². The summed E-state index contributed by atoms with van der Waals surface area (Å²) in [6.45, 7) is 0. The van der Waals surface area contributed by atoms with Crippen LogP contribution < -0.4 is 10.1 Å². The molecule has 2 aromatic rings. The number of hydrogen-bond acceptors (Lipinski definition) is 4. The fourth-order valence-electron chi connectivity index (χ4n) is 1.77. The van der Waals surface area contributed by atoms with Crippen LogP contribution in [0.15, 0.2) is 40.9 Å². The standard InChI is InChI=1S/C14H10BrFN2O4/c1-22-13-5-3-9(18(20)21)7-12(13)17-14(19)10-6-8(15)2-4-11(10)16/h2-7H,1H3,(H,17,19). The minimum absolute atomic E-state index is 0.0843. The van der Waals surface area contributed by atoms with Crippen LogP contribution in [-0.2, 0) is 0 Å². The lowest BCUT2D eigenvalue weighted by Crippen LogP contribution is -2.14. The molecule has 0 aromatic heterocycles. The molecule has 0 fully saturated rings. The van der Waals surface area contributed by atoms with E-state index in [1.807, 2.05) is 0 Å². The number of hydrogen-bond donors (Lipinski definition) is 1. The van der Waals surface area contributed by atoms with Gasteiger partial charge in [-0.15, -0.1) is 0 Å². The molecule has 2 aromatic carbocycles. The summed E-state index contributed by atoms with van der Waals surface area (Å²) >= 11 is 3.15. The Bertz CT molecular complexity index is 752. The van der Waals surface area contributed by atoms with Crippen molar-refractivity contribution in [3.63, 3.8) is 0 Å². The van der Waals surface area contributed by atoms with Crippen molar-refractivity contribution in [2.75, 3.05) is 12.4 Å². The van der Waals surface area contributed by atoms with Crippen LogP contribution >= 0.6 is 15.9 Å². The second-order valence-electron chi connectivity index (χ2n) is 4.22. The highest BCUT2D eigenvalue weighted by Gasteiger charge is 2.17. The van der Waals surface area contributed by atoms with Gasteiger partial charge in [-0.05, 0) is 24.3 Å². The number of non-ortho nitro benzene ring substituents is 1. The molecule has 0 unspecified atom stereocenters. The predicted octanol–water partition coefficient (Wildman–Crippen LogP) is 3.76. The van der Waals surface area contributed by atoms with E-state index in [0.29, 0.717) is 4.47 Å². The Morgan fingerprint density at radius 2 is 2.05 bits per heavy atom. The molecule has 6 nitrogen and oxygen atoms in total. The Balaban J connectivity index is 2.36. The maximum absolute atomic E-state index is 13.7. The molecular weight excluding hydrogens is 359 g/mol. The number of amides is 1.